The van der Waals surface area contributed by atoms with Gasteiger partial charge in [-0.15, -0.1) is 0 Å². The van der Waals surface area contributed by atoms with Crippen LogP contribution in [0.1, 0.15) is 11.3 Å². The molecule has 0 atom stereocenters. The topological polar surface area (TPSA) is 141 Å². The molecule has 1 saturated heterocycles. The Labute approximate surface area is 192 Å². The number of aliphatic carboxylic acids is 2. The lowest BCUT2D eigenvalue weighted by atomic mass is 10.1. The van der Waals surface area contributed by atoms with Gasteiger partial charge in [-0.25, -0.2) is 9.59 Å². The average Bonchev–Trinajstić information content (AvgIpc) is 2.80. The van der Waals surface area contributed by atoms with Crippen LogP contribution >= 0.6 is 0 Å². The van der Waals surface area contributed by atoms with Gasteiger partial charge in [0.2, 0.25) is 5.91 Å². The fraction of sp³-hybridized carbons (Fsp3) is 0.333. The summed E-state index contributed by atoms with van der Waals surface area (Å²) in [6.45, 7) is 2.40. The number of amides is 1. The van der Waals surface area contributed by atoms with E-state index in [1.807, 2.05) is 17.0 Å². The van der Waals surface area contributed by atoms with E-state index in [0.717, 1.165) is 17.8 Å². The van der Waals surface area contributed by atoms with E-state index in [1.54, 1.807) is 12.3 Å². The van der Waals surface area contributed by atoms with Crippen molar-refractivity contribution >= 4 is 29.2 Å². The number of hydrogen-bond acceptors (Lipinski definition) is 7. The number of anilines is 2. The number of carbonyl (C=O) groups excluding carboxylic acids is 1. The molecule has 10 nitrogen and oxygen atoms in total. The Hall–Kier alpha value is -3.71. The molecule has 1 aromatic heterocycles. The van der Waals surface area contributed by atoms with Gasteiger partial charge in [-0.1, -0.05) is 6.07 Å². The summed E-state index contributed by atoms with van der Waals surface area (Å²) in [6.07, 6.45) is -2.84. The van der Waals surface area contributed by atoms with Gasteiger partial charge in [-0.3, -0.25) is 9.78 Å². The summed E-state index contributed by atoms with van der Waals surface area (Å²) in [4.78, 5) is 36.5. The molecule has 0 aliphatic carbocycles. The monoisotopic (exact) mass is 484 g/mol. The predicted octanol–water partition coefficient (Wildman–Crippen LogP) is 1.82. The predicted molar refractivity (Wildman–Crippen MR) is 114 cm³/mol. The van der Waals surface area contributed by atoms with Crippen molar-refractivity contribution in [3.05, 3.63) is 53.9 Å². The number of carboxylic acids is 2. The van der Waals surface area contributed by atoms with Crippen LogP contribution in [0.4, 0.5) is 24.5 Å². The molecule has 34 heavy (non-hydrogen) atoms. The first-order valence-corrected chi connectivity index (χ1v) is 9.98. The van der Waals surface area contributed by atoms with Gasteiger partial charge in [-0.05, 0) is 30.3 Å². The zero-order chi connectivity index (χ0) is 25.1. The van der Waals surface area contributed by atoms with E-state index in [0.29, 0.717) is 38.5 Å². The van der Waals surface area contributed by atoms with Gasteiger partial charge in [0.15, 0.2) is 0 Å². The first kappa shape index (κ1) is 26.5. The summed E-state index contributed by atoms with van der Waals surface area (Å²) < 4.78 is 44.6. The molecule has 0 radical (unpaired) electrons. The number of carbonyl (C=O) groups is 3. The van der Waals surface area contributed by atoms with Gasteiger partial charge < -0.3 is 30.5 Å². The Morgan fingerprint density at radius 1 is 1.06 bits per heavy atom. The molecule has 2 aromatic rings. The highest BCUT2D eigenvalue weighted by atomic mass is 19.4. The van der Waals surface area contributed by atoms with E-state index >= 15 is 0 Å². The first-order valence-electron chi connectivity index (χ1n) is 9.98. The number of ether oxygens (including phenoxy) is 1. The molecule has 1 amide bonds. The van der Waals surface area contributed by atoms with Crippen LogP contribution in [0.5, 0.6) is 0 Å². The van der Waals surface area contributed by atoms with Gasteiger partial charge >= 0.3 is 18.1 Å². The number of pyridine rings is 1. The van der Waals surface area contributed by atoms with Crippen LogP contribution in [0.3, 0.4) is 0 Å². The lowest BCUT2D eigenvalue weighted by Gasteiger charge is -2.31. The quantitative estimate of drug-likeness (QED) is 0.452. The fourth-order valence-corrected chi connectivity index (χ4v) is 2.89. The van der Waals surface area contributed by atoms with Crippen LogP contribution in [-0.4, -0.2) is 65.9 Å². The Bertz CT molecular complexity index is 970. The van der Waals surface area contributed by atoms with Gasteiger partial charge in [0.25, 0.3) is 0 Å². The molecule has 0 saturated carbocycles. The van der Waals surface area contributed by atoms with E-state index < -0.39 is 29.6 Å². The molecule has 1 fully saturated rings. The van der Waals surface area contributed by atoms with Crippen LogP contribution in [0.15, 0.2) is 42.6 Å². The summed E-state index contributed by atoms with van der Waals surface area (Å²) in [5.74, 6) is -4.07. The third-order valence-corrected chi connectivity index (χ3v) is 4.45. The number of halogens is 3. The molecule has 1 aromatic carbocycles. The highest BCUT2D eigenvalue weighted by Gasteiger charge is 2.31. The van der Waals surface area contributed by atoms with Crippen molar-refractivity contribution in [2.45, 2.75) is 12.7 Å². The third-order valence-electron chi connectivity index (χ3n) is 4.45. The number of hydrogen-bond donors (Lipinski definition) is 4. The molecule has 4 N–H and O–H groups in total. The molecule has 0 bridgehead atoms. The van der Waals surface area contributed by atoms with Crippen molar-refractivity contribution in [3.63, 3.8) is 0 Å². The number of alkyl halides is 3. The molecule has 13 heteroatoms. The Morgan fingerprint density at radius 2 is 1.74 bits per heavy atom. The van der Waals surface area contributed by atoms with Gasteiger partial charge in [0, 0.05) is 25.8 Å². The summed E-state index contributed by atoms with van der Waals surface area (Å²) in [6, 6.07) is 8.83. The summed E-state index contributed by atoms with van der Waals surface area (Å²) in [5, 5.41) is 20.3. The molecular weight excluding hydrogens is 461 g/mol. The number of nitrogens with one attached hydrogen (secondary N) is 2. The number of carboxylic acid groups (broad SMARTS) is 2. The number of benzene rings is 1. The highest BCUT2D eigenvalue weighted by molar-refractivity contribution is 6.27. The lowest BCUT2D eigenvalue weighted by Crippen LogP contribution is -2.37. The van der Waals surface area contributed by atoms with Crippen molar-refractivity contribution in [1.29, 1.82) is 0 Å². The van der Waals surface area contributed by atoms with E-state index in [1.165, 1.54) is 6.07 Å². The van der Waals surface area contributed by atoms with Crippen LogP contribution < -0.4 is 15.5 Å². The van der Waals surface area contributed by atoms with Crippen molar-refractivity contribution < 1.29 is 42.5 Å². The first-order chi connectivity index (χ1) is 16.1. The summed E-state index contributed by atoms with van der Waals surface area (Å²) in [7, 11) is 0. The maximum absolute atomic E-state index is 13.1. The second-order valence-electron chi connectivity index (χ2n) is 6.91. The summed E-state index contributed by atoms with van der Waals surface area (Å²) >= 11 is 0. The van der Waals surface area contributed by atoms with Crippen LogP contribution in [0.2, 0.25) is 0 Å². The Morgan fingerprint density at radius 3 is 2.29 bits per heavy atom. The average molecular weight is 484 g/mol. The smallest absolute Gasteiger partial charge is 0.416 e. The number of aromatic nitrogens is 1. The highest BCUT2D eigenvalue weighted by Crippen LogP contribution is 2.35. The molecule has 0 unspecified atom stereocenters. The van der Waals surface area contributed by atoms with E-state index in [2.05, 4.69) is 15.6 Å². The minimum Gasteiger partial charge on any atom is -0.473 e. The maximum Gasteiger partial charge on any atom is 0.416 e. The second-order valence-corrected chi connectivity index (χ2v) is 6.91. The molecule has 0 spiro atoms. The van der Waals surface area contributed by atoms with E-state index in [4.69, 9.17) is 24.5 Å². The SMILES string of the molecule is O=C(CNCc1ccccn1)Nc1cc(C(F)(F)F)ccc1N1CCOCC1.O=C(O)C(=O)O. The minimum atomic E-state index is -4.49. The fourth-order valence-electron chi connectivity index (χ4n) is 2.89. The van der Waals surface area contributed by atoms with Gasteiger partial charge in [0.05, 0.1) is 42.4 Å². The number of rotatable bonds is 6. The third kappa shape index (κ3) is 8.67. The number of nitrogens with zero attached hydrogens (tertiary/aromatic N) is 2. The molecular formula is C21H23F3N4O6. The van der Waals surface area contributed by atoms with Crippen LogP contribution in [0, 0.1) is 0 Å². The standard InChI is InChI=1S/C19H21F3N4O2.C2H2O4/c20-19(21,22)14-4-5-17(26-7-9-28-10-8-26)16(11-14)25-18(27)13-23-12-15-3-1-2-6-24-15;3-1(4)2(5)6/h1-6,11,23H,7-10,12-13H2,(H,25,27);(H,3,4)(H,5,6). The van der Waals surface area contributed by atoms with Crippen LogP contribution in [-0.2, 0) is 31.8 Å². The van der Waals surface area contributed by atoms with Crippen molar-refractivity contribution in [3.8, 4) is 0 Å². The number of morpholine rings is 1. The Kier molecular flexibility index (Phi) is 9.76. The second kappa shape index (κ2) is 12.5. The largest absolute Gasteiger partial charge is 0.473 e. The molecule has 1 aliphatic heterocycles. The van der Waals surface area contributed by atoms with Gasteiger partial charge in [-0.2, -0.15) is 13.2 Å². The minimum absolute atomic E-state index is 0.0463. The van der Waals surface area contributed by atoms with Crippen molar-refractivity contribution in [2.75, 3.05) is 43.1 Å². The molecule has 184 valence electrons. The molecule has 3 rings (SSSR count). The van der Waals surface area contributed by atoms with E-state index in [9.17, 15) is 18.0 Å². The lowest BCUT2D eigenvalue weighted by molar-refractivity contribution is -0.159. The van der Waals surface area contributed by atoms with Crippen molar-refractivity contribution in [2.24, 2.45) is 0 Å². The summed E-state index contributed by atoms with van der Waals surface area (Å²) in [5.41, 5.74) is 0.653. The normalized spacial score (nSPS) is 13.4. The molecule has 2 heterocycles. The maximum atomic E-state index is 13.1. The zero-order valence-electron chi connectivity index (χ0n) is 17.8. The Balaban J connectivity index is 0.000000604. The zero-order valence-corrected chi connectivity index (χ0v) is 17.8. The van der Waals surface area contributed by atoms with Crippen molar-refractivity contribution in [1.82, 2.24) is 10.3 Å². The van der Waals surface area contributed by atoms with Gasteiger partial charge in [0.1, 0.15) is 0 Å². The van der Waals surface area contributed by atoms with E-state index in [-0.39, 0.29) is 12.2 Å². The van der Waals surface area contributed by atoms with Crippen LogP contribution in [0.25, 0.3) is 0 Å². The molecule has 1 aliphatic rings.